The van der Waals surface area contributed by atoms with E-state index in [0.29, 0.717) is 42.4 Å². The number of sulfonamides is 2. The van der Waals surface area contributed by atoms with Crippen molar-refractivity contribution in [3.63, 3.8) is 0 Å². The molecule has 8 nitrogen and oxygen atoms in total. The minimum atomic E-state index is -3.84. The molecule has 2 aromatic rings. The molecule has 0 radical (unpaired) electrons. The molecule has 10 heteroatoms. The molecule has 0 spiro atoms. The van der Waals surface area contributed by atoms with Gasteiger partial charge in [0.05, 0.1) is 28.7 Å². The van der Waals surface area contributed by atoms with Crippen LogP contribution >= 0.6 is 0 Å². The number of anilines is 1. The average molecular weight is 410 g/mol. The van der Waals surface area contributed by atoms with Crippen molar-refractivity contribution in [2.24, 2.45) is 5.14 Å². The van der Waals surface area contributed by atoms with Gasteiger partial charge in [0.1, 0.15) is 0 Å². The zero-order valence-electron chi connectivity index (χ0n) is 14.3. The Kier molecular flexibility index (Phi) is 4.28. The first-order valence-electron chi connectivity index (χ1n) is 8.35. The van der Waals surface area contributed by atoms with Gasteiger partial charge >= 0.3 is 0 Å². The van der Waals surface area contributed by atoms with Crippen molar-refractivity contribution in [1.29, 1.82) is 0 Å². The molecule has 2 aliphatic heterocycles. The smallest absolute Gasteiger partial charge is 0.264 e. The van der Waals surface area contributed by atoms with Gasteiger partial charge in [-0.05, 0) is 42.3 Å². The second-order valence-electron chi connectivity index (χ2n) is 6.32. The summed E-state index contributed by atoms with van der Waals surface area (Å²) < 4.78 is 61.7. The van der Waals surface area contributed by atoms with Crippen LogP contribution in [0.5, 0.6) is 11.5 Å². The Morgan fingerprint density at radius 3 is 2.33 bits per heavy atom. The van der Waals surface area contributed by atoms with Gasteiger partial charge in [-0.3, -0.25) is 4.31 Å². The Morgan fingerprint density at radius 2 is 1.59 bits per heavy atom. The zero-order valence-corrected chi connectivity index (χ0v) is 15.9. The molecule has 4 rings (SSSR count). The van der Waals surface area contributed by atoms with Crippen molar-refractivity contribution in [3.8, 4) is 11.5 Å². The highest BCUT2D eigenvalue weighted by Gasteiger charge is 2.32. The van der Waals surface area contributed by atoms with E-state index in [9.17, 15) is 16.8 Å². The largest absolute Gasteiger partial charge is 0.490 e. The van der Waals surface area contributed by atoms with Gasteiger partial charge < -0.3 is 9.47 Å². The molecule has 2 aromatic carbocycles. The van der Waals surface area contributed by atoms with Crippen LogP contribution in [0.3, 0.4) is 0 Å². The summed E-state index contributed by atoms with van der Waals surface area (Å²) in [5, 5.41) is 5.15. The standard InChI is InChI=1S/C17H18N2O6S2/c18-26(20,21)13-2-4-15-12(10-13)6-7-19(15)27(22,23)14-3-5-16-17(11-14)25-9-1-8-24-16/h2-5,10-11H,1,6-9H2,(H2,18,20,21). The number of primary sulfonamides is 1. The summed E-state index contributed by atoms with van der Waals surface area (Å²) in [6, 6.07) is 8.76. The highest BCUT2D eigenvalue weighted by atomic mass is 32.2. The first kappa shape index (κ1) is 18.1. The lowest BCUT2D eigenvalue weighted by Gasteiger charge is -2.20. The molecule has 0 saturated heterocycles. The fourth-order valence-electron chi connectivity index (χ4n) is 3.21. The quantitative estimate of drug-likeness (QED) is 0.814. The lowest BCUT2D eigenvalue weighted by atomic mass is 10.2. The maximum atomic E-state index is 13.1. The van der Waals surface area contributed by atoms with Crippen LogP contribution in [-0.2, 0) is 26.5 Å². The third-order valence-corrected chi connectivity index (χ3v) is 7.26. The van der Waals surface area contributed by atoms with E-state index in [1.54, 1.807) is 6.07 Å². The number of nitrogens with zero attached hydrogens (tertiary/aromatic N) is 1. The Bertz CT molecular complexity index is 1110. The van der Waals surface area contributed by atoms with Crippen LogP contribution in [0, 0.1) is 0 Å². The van der Waals surface area contributed by atoms with Crippen LogP contribution in [-0.4, -0.2) is 36.6 Å². The Balaban J connectivity index is 1.72. The number of rotatable bonds is 3. The second-order valence-corrected chi connectivity index (χ2v) is 9.75. The molecule has 27 heavy (non-hydrogen) atoms. The third-order valence-electron chi connectivity index (χ3n) is 4.54. The van der Waals surface area contributed by atoms with Gasteiger partial charge in [-0.1, -0.05) is 0 Å². The summed E-state index contributed by atoms with van der Waals surface area (Å²) in [5.74, 6) is 0.920. The van der Waals surface area contributed by atoms with Crippen LogP contribution in [0.15, 0.2) is 46.2 Å². The number of hydrogen-bond donors (Lipinski definition) is 1. The van der Waals surface area contributed by atoms with Gasteiger partial charge in [-0.25, -0.2) is 22.0 Å². The SMILES string of the molecule is NS(=O)(=O)c1ccc2c(c1)CCN2S(=O)(=O)c1ccc2c(c1)OCCCO2. The Morgan fingerprint density at radius 1 is 0.889 bits per heavy atom. The zero-order chi connectivity index (χ0) is 19.2. The summed E-state index contributed by atoms with van der Waals surface area (Å²) in [4.78, 5) is 0.0613. The minimum absolute atomic E-state index is 0.0314. The number of ether oxygens (including phenoxy) is 2. The van der Waals surface area contributed by atoms with Crippen LogP contribution < -0.4 is 18.9 Å². The number of hydrogen-bond acceptors (Lipinski definition) is 6. The topological polar surface area (TPSA) is 116 Å². The summed E-state index contributed by atoms with van der Waals surface area (Å²) in [6.07, 6.45) is 1.13. The number of fused-ring (bicyclic) bond motifs is 2. The molecule has 0 fully saturated rings. The van der Waals surface area contributed by atoms with Crippen molar-refractivity contribution >= 4 is 25.7 Å². The number of benzene rings is 2. The van der Waals surface area contributed by atoms with Gasteiger partial charge in [-0.2, -0.15) is 0 Å². The van der Waals surface area contributed by atoms with Gasteiger partial charge in [0.25, 0.3) is 10.0 Å². The molecular formula is C17H18N2O6S2. The maximum absolute atomic E-state index is 13.1. The van der Waals surface area contributed by atoms with E-state index in [1.807, 2.05) is 0 Å². The van der Waals surface area contributed by atoms with Gasteiger partial charge in [-0.15, -0.1) is 0 Å². The molecule has 0 aliphatic carbocycles. The molecule has 0 saturated carbocycles. The predicted molar refractivity (Wildman–Crippen MR) is 98.1 cm³/mol. The second kappa shape index (κ2) is 6.39. The Hall–Kier alpha value is -2.30. The molecule has 144 valence electrons. The molecule has 0 bridgehead atoms. The van der Waals surface area contributed by atoms with Gasteiger partial charge in [0, 0.05) is 19.0 Å². The van der Waals surface area contributed by atoms with Gasteiger partial charge in [0.15, 0.2) is 11.5 Å². The summed E-state index contributed by atoms with van der Waals surface area (Å²) >= 11 is 0. The molecule has 0 atom stereocenters. The first-order valence-corrected chi connectivity index (χ1v) is 11.3. The van der Waals surface area contributed by atoms with E-state index in [2.05, 4.69) is 0 Å². The van der Waals surface area contributed by atoms with E-state index in [1.165, 1.54) is 34.6 Å². The lowest BCUT2D eigenvalue weighted by Crippen LogP contribution is -2.29. The van der Waals surface area contributed by atoms with Crippen molar-refractivity contribution < 1.29 is 26.3 Å². The minimum Gasteiger partial charge on any atom is -0.490 e. The summed E-state index contributed by atoms with van der Waals surface area (Å²) in [7, 11) is -7.67. The van der Waals surface area contributed by atoms with E-state index in [4.69, 9.17) is 14.6 Å². The summed E-state index contributed by atoms with van der Waals surface area (Å²) in [6.45, 7) is 1.20. The van der Waals surface area contributed by atoms with Crippen LogP contribution in [0.1, 0.15) is 12.0 Å². The molecule has 0 unspecified atom stereocenters. The van der Waals surface area contributed by atoms with E-state index < -0.39 is 20.0 Å². The Labute approximate surface area is 157 Å². The molecular weight excluding hydrogens is 392 g/mol. The predicted octanol–water partition coefficient (Wildman–Crippen LogP) is 1.25. The molecule has 2 N–H and O–H groups in total. The van der Waals surface area contributed by atoms with E-state index in [0.717, 1.165) is 6.42 Å². The van der Waals surface area contributed by atoms with Gasteiger partial charge in [0.2, 0.25) is 10.0 Å². The lowest BCUT2D eigenvalue weighted by molar-refractivity contribution is 0.297. The average Bonchev–Trinajstić information content (AvgIpc) is 2.91. The molecule has 2 aliphatic rings. The number of nitrogens with two attached hydrogens (primary N) is 1. The van der Waals surface area contributed by atoms with Crippen LogP contribution in [0.4, 0.5) is 5.69 Å². The molecule has 0 aromatic heterocycles. The van der Waals surface area contributed by atoms with E-state index >= 15 is 0 Å². The van der Waals surface area contributed by atoms with Crippen molar-refractivity contribution in [3.05, 3.63) is 42.0 Å². The van der Waals surface area contributed by atoms with E-state index in [-0.39, 0.29) is 16.3 Å². The highest BCUT2D eigenvalue weighted by Crippen LogP contribution is 2.37. The normalized spacial score (nSPS) is 16.7. The molecule has 0 amide bonds. The van der Waals surface area contributed by atoms with Crippen molar-refractivity contribution in [2.75, 3.05) is 24.1 Å². The molecule has 2 heterocycles. The van der Waals surface area contributed by atoms with Crippen molar-refractivity contribution in [2.45, 2.75) is 22.6 Å². The van der Waals surface area contributed by atoms with Crippen LogP contribution in [0.2, 0.25) is 0 Å². The van der Waals surface area contributed by atoms with Crippen LogP contribution in [0.25, 0.3) is 0 Å². The highest BCUT2D eigenvalue weighted by molar-refractivity contribution is 7.92. The van der Waals surface area contributed by atoms with Crippen molar-refractivity contribution in [1.82, 2.24) is 0 Å². The summed E-state index contributed by atoms with van der Waals surface area (Å²) in [5.41, 5.74) is 1.08. The third kappa shape index (κ3) is 3.24. The fourth-order valence-corrected chi connectivity index (χ4v) is 5.29. The fraction of sp³-hybridized carbons (Fsp3) is 0.294. The monoisotopic (exact) mass is 410 g/mol. The first-order chi connectivity index (χ1) is 12.8. The maximum Gasteiger partial charge on any atom is 0.264 e.